The lowest BCUT2D eigenvalue weighted by atomic mass is 10.1. The molecule has 0 bridgehead atoms. The summed E-state index contributed by atoms with van der Waals surface area (Å²) in [6.07, 6.45) is 1.96. The third kappa shape index (κ3) is 4.09. The van der Waals surface area contributed by atoms with E-state index in [1.54, 1.807) is 23.9 Å². The minimum Gasteiger partial charge on any atom is -0.207 e. The topological polar surface area (TPSA) is 46.2 Å². The zero-order chi connectivity index (χ0) is 15.5. The van der Waals surface area contributed by atoms with Crippen LogP contribution in [0.15, 0.2) is 58.3 Å². The van der Waals surface area contributed by atoms with Gasteiger partial charge in [0.15, 0.2) is 0 Å². The van der Waals surface area contributed by atoms with Gasteiger partial charge in [0.05, 0.1) is 4.90 Å². The fraction of sp³-hybridized carbons (Fsp3) is 0.250. The molecule has 2 aromatic rings. The van der Waals surface area contributed by atoms with Crippen molar-refractivity contribution in [1.82, 2.24) is 4.72 Å². The molecule has 0 heterocycles. The lowest BCUT2D eigenvalue weighted by molar-refractivity contribution is 0.567. The molecule has 0 saturated heterocycles. The van der Waals surface area contributed by atoms with Gasteiger partial charge in [0.1, 0.15) is 0 Å². The van der Waals surface area contributed by atoms with Crippen LogP contribution in [0, 0.1) is 6.92 Å². The minimum atomic E-state index is -3.50. The Hall–Kier alpha value is -1.30. The second-order valence-electron chi connectivity index (χ2n) is 4.93. The molecule has 112 valence electrons. The molecular weight excluding hydrogens is 302 g/mol. The number of benzene rings is 2. The quantitative estimate of drug-likeness (QED) is 0.853. The summed E-state index contributed by atoms with van der Waals surface area (Å²) in [4.78, 5) is 1.33. The molecule has 0 amide bonds. The molecule has 2 aromatic carbocycles. The van der Waals surface area contributed by atoms with Crippen molar-refractivity contribution in [3.63, 3.8) is 0 Å². The molecule has 0 fully saturated rings. The van der Waals surface area contributed by atoms with E-state index < -0.39 is 10.0 Å². The maximum absolute atomic E-state index is 12.4. The number of nitrogens with one attached hydrogen (secondary N) is 1. The fourth-order valence-corrected chi connectivity index (χ4v) is 3.62. The molecular formula is C16H19NO2S2. The van der Waals surface area contributed by atoms with Crippen LogP contribution in [0.25, 0.3) is 0 Å². The van der Waals surface area contributed by atoms with Crippen molar-refractivity contribution in [3.8, 4) is 0 Å². The Morgan fingerprint density at radius 1 is 1.00 bits per heavy atom. The van der Waals surface area contributed by atoms with E-state index in [4.69, 9.17) is 0 Å². The number of sulfonamides is 1. The van der Waals surface area contributed by atoms with E-state index >= 15 is 0 Å². The largest absolute Gasteiger partial charge is 0.241 e. The molecule has 0 aliphatic rings. The molecule has 5 heteroatoms. The van der Waals surface area contributed by atoms with Crippen LogP contribution < -0.4 is 4.72 Å². The van der Waals surface area contributed by atoms with Gasteiger partial charge in [0.25, 0.3) is 0 Å². The molecule has 2 rings (SSSR count). The van der Waals surface area contributed by atoms with Gasteiger partial charge in [0.2, 0.25) is 10.0 Å². The maximum atomic E-state index is 12.4. The van der Waals surface area contributed by atoms with Crippen LogP contribution in [0.2, 0.25) is 0 Å². The van der Waals surface area contributed by atoms with Gasteiger partial charge in [-0.2, -0.15) is 0 Å². The van der Waals surface area contributed by atoms with E-state index in [-0.39, 0.29) is 6.04 Å². The molecule has 1 N–H and O–H groups in total. The Bertz CT molecular complexity index is 692. The third-order valence-corrected chi connectivity index (χ3v) is 5.58. The van der Waals surface area contributed by atoms with Crippen molar-refractivity contribution < 1.29 is 8.42 Å². The van der Waals surface area contributed by atoms with E-state index in [9.17, 15) is 8.42 Å². The molecule has 3 nitrogen and oxygen atoms in total. The lowest BCUT2D eigenvalue weighted by Crippen LogP contribution is -2.26. The first-order valence-electron chi connectivity index (χ1n) is 6.65. The third-order valence-electron chi connectivity index (χ3n) is 3.28. The van der Waals surface area contributed by atoms with Crippen LogP contribution in [0.3, 0.4) is 0 Å². The number of rotatable bonds is 5. The highest BCUT2D eigenvalue weighted by Crippen LogP contribution is 2.20. The van der Waals surface area contributed by atoms with Crippen molar-refractivity contribution in [3.05, 3.63) is 59.7 Å². The highest BCUT2D eigenvalue weighted by molar-refractivity contribution is 7.98. The summed E-state index contributed by atoms with van der Waals surface area (Å²) in [5.41, 5.74) is 2.10. The monoisotopic (exact) mass is 321 g/mol. The van der Waals surface area contributed by atoms with Gasteiger partial charge in [-0.3, -0.25) is 0 Å². The van der Waals surface area contributed by atoms with Crippen LogP contribution >= 0.6 is 11.8 Å². The molecule has 0 saturated carbocycles. The summed E-state index contributed by atoms with van der Waals surface area (Å²) in [5, 5.41) is 0. The fourth-order valence-electron chi connectivity index (χ4n) is 1.98. The Morgan fingerprint density at radius 2 is 1.57 bits per heavy atom. The Morgan fingerprint density at radius 3 is 2.10 bits per heavy atom. The highest BCUT2D eigenvalue weighted by atomic mass is 32.2. The number of hydrogen-bond donors (Lipinski definition) is 1. The predicted molar refractivity (Wildman–Crippen MR) is 88.1 cm³/mol. The molecule has 0 spiro atoms. The van der Waals surface area contributed by atoms with Crippen molar-refractivity contribution in [2.24, 2.45) is 0 Å². The van der Waals surface area contributed by atoms with Crippen LogP contribution in [-0.2, 0) is 10.0 Å². The average molecular weight is 321 g/mol. The van der Waals surface area contributed by atoms with Gasteiger partial charge < -0.3 is 0 Å². The second kappa shape index (κ2) is 6.64. The van der Waals surface area contributed by atoms with Gasteiger partial charge in [0, 0.05) is 10.9 Å². The van der Waals surface area contributed by atoms with E-state index in [1.165, 1.54) is 0 Å². The molecule has 0 aromatic heterocycles. The summed E-state index contributed by atoms with van der Waals surface area (Å²) >= 11 is 1.58. The summed E-state index contributed by atoms with van der Waals surface area (Å²) in [6, 6.07) is 14.5. The average Bonchev–Trinajstić information content (AvgIpc) is 2.47. The van der Waals surface area contributed by atoms with Gasteiger partial charge in [-0.05, 0) is 49.9 Å². The van der Waals surface area contributed by atoms with E-state index in [0.717, 1.165) is 16.0 Å². The maximum Gasteiger partial charge on any atom is 0.241 e. The summed E-state index contributed by atoms with van der Waals surface area (Å²) < 4.78 is 27.4. The minimum absolute atomic E-state index is 0.268. The predicted octanol–water partition coefficient (Wildman–Crippen LogP) is 3.76. The molecule has 1 unspecified atom stereocenters. The Labute approximate surface area is 130 Å². The number of thioether (sulfide) groups is 1. The molecule has 0 aliphatic carbocycles. The van der Waals surface area contributed by atoms with Crippen molar-refractivity contribution >= 4 is 21.8 Å². The van der Waals surface area contributed by atoms with Gasteiger partial charge >= 0.3 is 0 Å². The number of hydrogen-bond acceptors (Lipinski definition) is 3. The number of aryl methyl sites for hydroxylation is 1. The zero-order valence-electron chi connectivity index (χ0n) is 12.3. The first kappa shape index (κ1) is 16.1. The van der Waals surface area contributed by atoms with Gasteiger partial charge in [-0.1, -0.05) is 29.8 Å². The SMILES string of the molecule is CSc1ccc(S(=O)(=O)NC(C)c2ccc(C)cc2)cc1. The van der Waals surface area contributed by atoms with E-state index in [2.05, 4.69) is 4.72 Å². The zero-order valence-corrected chi connectivity index (χ0v) is 14.0. The lowest BCUT2D eigenvalue weighted by Gasteiger charge is -2.15. The van der Waals surface area contributed by atoms with Crippen molar-refractivity contribution in [1.29, 1.82) is 0 Å². The van der Waals surface area contributed by atoms with Gasteiger partial charge in [-0.25, -0.2) is 13.1 Å². The summed E-state index contributed by atoms with van der Waals surface area (Å²) in [6.45, 7) is 3.85. The first-order chi connectivity index (χ1) is 9.92. The van der Waals surface area contributed by atoms with E-state index in [1.807, 2.05) is 56.5 Å². The molecule has 0 aliphatic heterocycles. The molecule has 1 atom stereocenters. The van der Waals surface area contributed by atoms with Crippen LogP contribution in [-0.4, -0.2) is 14.7 Å². The van der Waals surface area contributed by atoms with Crippen molar-refractivity contribution in [2.45, 2.75) is 29.7 Å². The van der Waals surface area contributed by atoms with Crippen molar-refractivity contribution in [2.75, 3.05) is 6.26 Å². The van der Waals surface area contributed by atoms with Gasteiger partial charge in [-0.15, -0.1) is 11.8 Å². The first-order valence-corrected chi connectivity index (χ1v) is 9.36. The highest BCUT2D eigenvalue weighted by Gasteiger charge is 2.18. The Kier molecular flexibility index (Phi) is 5.08. The molecule has 0 radical (unpaired) electrons. The summed E-state index contributed by atoms with van der Waals surface area (Å²) in [5.74, 6) is 0. The van der Waals surface area contributed by atoms with Crippen LogP contribution in [0.5, 0.6) is 0 Å². The smallest absolute Gasteiger partial charge is 0.207 e. The normalized spacial score (nSPS) is 13.1. The van der Waals surface area contributed by atoms with Crippen LogP contribution in [0.4, 0.5) is 0 Å². The summed E-state index contributed by atoms with van der Waals surface area (Å²) in [7, 11) is -3.50. The van der Waals surface area contributed by atoms with E-state index in [0.29, 0.717) is 4.90 Å². The Balaban J connectivity index is 2.17. The standard InChI is InChI=1S/C16H19NO2S2/c1-12-4-6-14(7-5-12)13(2)17-21(18,19)16-10-8-15(20-3)9-11-16/h4-11,13,17H,1-3H3. The van der Waals surface area contributed by atoms with Crippen LogP contribution in [0.1, 0.15) is 24.1 Å². The molecule has 21 heavy (non-hydrogen) atoms. The second-order valence-corrected chi connectivity index (χ2v) is 7.52.